The third kappa shape index (κ3) is 2.77. The van der Waals surface area contributed by atoms with Gasteiger partial charge in [-0.05, 0) is 43.0 Å². The molecule has 5 nitrogen and oxygen atoms in total. The van der Waals surface area contributed by atoms with Gasteiger partial charge in [-0.15, -0.1) is 0 Å². The van der Waals surface area contributed by atoms with Crippen LogP contribution >= 0.6 is 0 Å². The number of aromatic nitrogens is 1. The Morgan fingerprint density at radius 1 is 1.35 bits per heavy atom. The molecule has 0 bridgehead atoms. The van der Waals surface area contributed by atoms with Crippen molar-refractivity contribution in [1.82, 2.24) is 9.88 Å². The Bertz CT molecular complexity index is 697. The number of carbonyl (C=O) groups is 1. The summed E-state index contributed by atoms with van der Waals surface area (Å²) in [4.78, 5) is 19.0. The first-order chi connectivity index (χ1) is 11.2. The van der Waals surface area contributed by atoms with Crippen LogP contribution in [0.3, 0.4) is 0 Å². The highest BCUT2D eigenvalue weighted by atomic mass is 16.5. The Balaban J connectivity index is 1.51. The lowest BCUT2D eigenvalue weighted by atomic mass is 10.1. The molecule has 120 valence electrons. The molecule has 0 aromatic carbocycles. The van der Waals surface area contributed by atoms with Crippen LogP contribution in [0.2, 0.25) is 0 Å². The minimum atomic E-state index is -0.111. The van der Waals surface area contributed by atoms with E-state index in [9.17, 15) is 4.79 Å². The first-order valence-corrected chi connectivity index (χ1v) is 8.08. The number of hydrogen-bond acceptors (Lipinski definition) is 4. The lowest BCUT2D eigenvalue weighted by molar-refractivity contribution is -0.142. The highest BCUT2D eigenvalue weighted by molar-refractivity contribution is 5.83. The number of ether oxygens (including phenoxy) is 1. The van der Waals surface area contributed by atoms with E-state index < -0.39 is 0 Å². The summed E-state index contributed by atoms with van der Waals surface area (Å²) in [5, 5.41) is 0. The number of furan rings is 1. The predicted octanol–water partition coefficient (Wildman–Crippen LogP) is 2.69. The average Bonchev–Trinajstić information content (AvgIpc) is 3.29. The van der Waals surface area contributed by atoms with Gasteiger partial charge >= 0.3 is 0 Å². The molecular formula is C18H20N2O3. The number of aryl methyl sites for hydroxylation is 1. The Morgan fingerprint density at radius 2 is 2.26 bits per heavy atom. The predicted molar refractivity (Wildman–Crippen MR) is 83.8 cm³/mol. The highest BCUT2D eigenvalue weighted by Crippen LogP contribution is 2.49. The molecule has 4 rings (SSSR count). The van der Waals surface area contributed by atoms with Gasteiger partial charge in [0.05, 0.1) is 13.2 Å². The van der Waals surface area contributed by atoms with Crippen LogP contribution in [-0.4, -0.2) is 35.5 Å². The van der Waals surface area contributed by atoms with E-state index in [0.717, 1.165) is 23.5 Å². The van der Waals surface area contributed by atoms with Gasteiger partial charge in [0.15, 0.2) is 0 Å². The number of rotatable bonds is 3. The van der Waals surface area contributed by atoms with Crippen LogP contribution in [0.4, 0.5) is 0 Å². The summed E-state index contributed by atoms with van der Waals surface area (Å²) in [5.74, 6) is 2.25. The first kappa shape index (κ1) is 14.5. The standard InChI is InChI=1S/C18H20N2O3/c1-12-4-5-17(23-12)16-11-22-8-7-20(16)18(21)15-9-14(15)13-3-2-6-19-10-13/h2-6,10,14-16H,7-9,11H2,1H3/t14-,15+,16-/m0/s1. The monoisotopic (exact) mass is 312 g/mol. The lowest BCUT2D eigenvalue weighted by Gasteiger charge is -2.34. The lowest BCUT2D eigenvalue weighted by Crippen LogP contribution is -2.44. The van der Waals surface area contributed by atoms with E-state index in [1.165, 1.54) is 0 Å². The Kier molecular flexibility index (Phi) is 3.65. The summed E-state index contributed by atoms with van der Waals surface area (Å²) in [6.07, 6.45) is 4.54. The number of nitrogens with zero attached hydrogens (tertiary/aromatic N) is 2. The quantitative estimate of drug-likeness (QED) is 0.874. The molecule has 0 spiro atoms. The van der Waals surface area contributed by atoms with E-state index in [1.54, 1.807) is 6.20 Å². The SMILES string of the molecule is Cc1ccc([C@@H]2COCCN2C(=O)[C@@H]2C[C@H]2c2cccnc2)o1. The molecular weight excluding hydrogens is 292 g/mol. The molecule has 2 fully saturated rings. The molecule has 5 heteroatoms. The van der Waals surface area contributed by atoms with Crippen LogP contribution in [0.1, 0.15) is 35.5 Å². The van der Waals surface area contributed by atoms with Crippen LogP contribution in [-0.2, 0) is 9.53 Å². The van der Waals surface area contributed by atoms with Crippen LogP contribution in [0.15, 0.2) is 41.1 Å². The van der Waals surface area contributed by atoms with Crippen molar-refractivity contribution in [3.8, 4) is 0 Å². The van der Waals surface area contributed by atoms with Gasteiger partial charge in [0.2, 0.25) is 5.91 Å². The van der Waals surface area contributed by atoms with E-state index in [0.29, 0.717) is 25.7 Å². The zero-order valence-corrected chi connectivity index (χ0v) is 13.1. The van der Waals surface area contributed by atoms with Gasteiger partial charge in [0.1, 0.15) is 17.6 Å². The van der Waals surface area contributed by atoms with E-state index >= 15 is 0 Å². The molecule has 2 aliphatic rings. The smallest absolute Gasteiger partial charge is 0.227 e. The van der Waals surface area contributed by atoms with Crippen molar-refractivity contribution in [3.63, 3.8) is 0 Å². The third-order valence-corrected chi connectivity index (χ3v) is 4.72. The van der Waals surface area contributed by atoms with E-state index in [-0.39, 0.29) is 17.9 Å². The van der Waals surface area contributed by atoms with Crippen molar-refractivity contribution in [2.24, 2.45) is 5.92 Å². The topological polar surface area (TPSA) is 55.6 Å². The average molecular weight is 312 g/mol. The van der Waals surface area contributed by atoms with Gasteiger partial charge in [0.25, 0.3) is 0 Å². The van der Waals surface area contributed by atoms with E-state index in [4.69, 9.17) is 9.15 Å². The zero-order chi connectivity index (χ0) is 15.8. The van der Waals surface area contributed by atoms with Crippen LogP contribution in [0.25, 0.3) is 0 Å². The summed E-state index contributed by atoms with van der Waals surface area (Å²) in [6.45, 7) is 3.63. The third-order valence-electron chi connectivity index (χ3n) is 4.72. The largest absolute Gasteiger partial charge is 0.464 e. The molecule has 3 atom stereocenters. The second kappa shape index (κ2) is 5.81. The van der Waals surface area contributed by atoms with Crippen LogP contribution < -0.4 is 0 Å². The van der Waals surface area contributed by atoms with Crippen molar-refractivity contribution in [1.29, 1.82) is 0 Å². The first-order valence-electron chi connectivity index (χ1n) is 8.08. The van der Waals surface area contributed by atoms with Crippen molar-refractivity contribution in [3.05, 3.63) is 53.7 Å². The van der Waals surface area contributed by atoms with Gasteiger partial charge in [-0.1, -0.05) is 6.07 Å². The molecule has 1 aliphatic heterocycles. The molecule has 3 heterocycles. The van der Waals surface area contributed by atoms with Crippen LogP contribution in [0.5, 0.6) is 0 Å². The van der Waals surface area contributed by atoms with E-state index in [1.807, 2.05) is 36.2 Å². The molecule has 2 aromatic rings. The fourth-order valence-electron chi connectivity index (χ4n) is 3.38. The maximum absolute atomic E-state index is 12.9. The Morgan fingerprint density at radius 3 is 3.00 bits per heavy atom. The molecule has 2 aromatic heterocycles. The number of amides is 1. The van der Waals surface area contributed by atoms with Gasteiger partial charge in [-0.3, -0.25) is 9.78 Å². The normalized spacial score (nSPS) is 27.0. The second-order valence-corrected chi connectivity index (χ2v) is 6.31. The molecule has 1 amide bonds. The Labute approximate surface area is 135 Å². The van der Waals surface area contributed by atoms with Crippen molar-refractivity contribution >= 4 is 5.91 Å². The molecule has 0 unspecified atom stereocenters. The summed E-state index contributed by atoms with van der Waals surface area (Å²) >= 11 is 0. The Hall–Kier alpha value is -2.14. The van der Waals surface area contributed by atoms with Gasteiger partial charge < -0.3 is 14.1 Å². The summed E-state index contributed by atoms with van der Waals surface area (Å²) < 4.78 is 11.3. The summed E-state index contributed by atoms with van der Waals surface area (Å²) in [5.41, 5.74) is 1.16. The minimum Gasteiger partial charge on any atom is -0.464 e. The molecule has 1 saturated carbocycles. The molecule has 1 saturated heterocycles. The fraction of sp³-hybridized carbons (Fsp3) is 0.444. The number of carbonyl (C=O) groups excluding carboxylic acids is 1. The zero-order valence-electron chi connectivity index (χ0n) is 13.1. The van der Waals surface area contributed by atoms with Crippen LogP contribution in [0, 0.1) is 12.8 Å². The minimum absolute atomic E-state index is 0.0656. The maximum Gasteiger partial charge on any atom is 0.227 e. The van der Waals surface area contributed by atoms with Gasteiger partial charge in [0, 0.05) is 24.9 Å². The fourth-order valence-corrected chi connectivity index (χ4v) is 3.38. The van der Waals surface area contributed by atoms with Crippen molar-refractivity contribution in [2.45, 2.75) is 25.3 Å². The molecule has 0 N–H and O–H groups in total. The van der Waals surface area contributed by atoms with Crippen molar-refractivity contribution in [2.75, 3.05) is 19.8 Å². The number of pyridine rings is 1. The van der Waals surface area contributed by atoms with E-state index in [2.05, 4.69) is 11.1 Å². The molecule has 1 aliphatic carbocycles. The highest BCUT2D eigenvalue weighted by Gasteiger charge is 2.47. The summed E-state index contributed by atoms with van der Waals surface area (Å²) in [7, 11) is 0. The summed E-state index contributed by atoms with van der Waals surface area (Å²) in [6, 6.07) is 7.75. The van der Waals surface area contributed by atoms with Gasteiger partial charge in [-0.2, -0.15) is 0 Å². The molecule has 0 radical (unpaired) electrons. The maximum atomic E-state index is 12.9. The van der Waals surface area contributed by atoms with Gasteiger partial charge in [-0.25, -0.2) is 0 Å². The number of hydrogen-bond donors (Lipinski definition) is 0. The second-order valence-electron chi connectivity index (χ2n) is 6.31. The number of morpholine rings is 1. The van der Waals surface area contributed by atoms with Crippen molar-refractivity contribution < 1.29 is 13.9 Å². The molecule has 23 heavy (non-hydrogen) atoms.